The fraction of sp³-hybridized carbons (Fsp3) is 0.105. The van der Waals surface area contributed by atoms with Gasteiger partial charge in [-0.3, -0.25) is 14.8 Å². The topological polar surface area (TPSA) is 52.1 Å². The van der Waals surface area contributed by atoms with Crippen LogP contribution in [0.15, 0.2) is 67.0 Å². The number of aryl methyl sites for hydroxylation is 1. The van der Waals surface area contributed by atoms with E-state index in [0.29, 0.717) is 17.1 Å². The highest BCUT2D eigenvalue weighted by atomic mass is 16.5. The monoisotopic (exact) mass is 304 g/mol. The van der Waals surface area contributed by atoms with Crippen LogP contribution >= 0.6 is 0 Å². The number of hydrogen-bond acceptors (Lipinski definition) is 4. The summed E-state index contributed by atoms with van der Waals surface area (Å²) in [4.78, 5) is 20.8. The number of pyridine rings is 2. The van der Waals surface area contributed by atoms with E-state index < -0.39 is 0 Å². The normalized spacial score (nSPS) is 10.3. The summed E-state index contributed by atoms with van der Waals surface area (Å²) in [5.41, 5.74) is 2.28. The van der Waals surface area contributed by atoms with Gasteiger partial charge >= 0.3 is 0 Å². The van der Waals surface area contributed by atoms with Gasteiger partial charge in [0.1, 0.15) is 11.5 Å². The van der Waals surface area contributed by atoms with E-state index in [2.05, 4.69) is 9.97 Å². The Labute approximate surface area is 134 Å². The first kappa shape index (κ1) is 14.9. The van der Waals surface area contributed by atoms with Crippen LogP contribution < -0.4 is 4.74 Å². The SMILES string of the molecule is Cc1cccc(CC(=O)c2cccc(Oc3cccnc3)c2)n1. The summed E-state index contributed by atoms with van der Waals surface area (Å²) in [7, 11) is 0. The van der Waals surface area contributed by atoms with E-state index in [1.165, 1.54) is 0 Å². The van der Waals surface area contributed by atoms with Gasteiger partial charge in [-0.1, -0.05) is 18.2 Å². The third kappa shape index (κ3) is 4.01. The van der Waals surface area contributed by atoms with Gasteiger partial charge in [-0.2, -0.15) is 0 Å². The molecule has 0 atom stereocenters. The summed E-state index contributed by atoms with van der Waals surface area (Å²) >= 11 is 0. The Kier molecular flexibility index (Phi) is 4.43. The molecule has 2 heterocycles. The van der Waals surface area contributed by atoms with E-state index in [0.717, 1.165) is 11.4 Å². The van der Waals surface area contributed by atoms with E-state index >= 15 is 0 Å². The predicted molar refractivity (Wildman–Crippen MR) is 87.8 cm³/mol. The van der Waals surface area contributed by atoms with Crippen molar-refractivity contribution in [2.45, 2.75) is 13.3 Å². The number of hydrogen-bond donors (Lipinski definition) is 0. The molecule has 0 amide bonds. The summed E-state index contributed by atoms with van der Waals surface area (Å²) in [5.74, 6) is 1.26. The average Bonchev–Trinajstić information content (AvgIpc) is 2.56. The van der Waals surface area contributed by atoms with Crippen molar-refractivity contribution in [3.05, 3.63) is 83.9 Å². The van der Waals surface area contributed by atoms with Crippen LogP contribution in [0.4, 0.5) is 0 Å². The first-order chi connectivity index (χ1) is 11.2. The molecule has 0 saturated carbocycles. The van der Waals surface area contributed by atoms with Crippen molar-refractivity contribution < 1.29 is 9.53 Å². The molecule has 0 unspecified atom stereocenters. The molecule has 4 heteroatoms. The fourth-order valence-electron chi connectivity index (χ4n) is 2.24. The molecular formula is C19H16N2O2. The molecule has 0 fully saturated rings. The Balaban J connectivity index is 1.75. The Hall–Kier alpha value is -3.01. The first-order valence-corrected chi connectivity index (χ1v) is 7.34. The molecule has 4 nitrogen and oxygen atoms in total. The molecule has 0 bridgehead atoms. The molecule has 0 spiro atoms. The maximum Gasteiger partial charge on any atom is 0.168 e. The quantitative estimate of drug-likeness (QED) is 0.668. The number of ether oxygens (including phenoxy) is 1. The van der Waals surface area contributed by atoms with Crippen molar-refractivity contribution >= 4 is 5.78 Å². The van der Waals surface area contributed by atoms with Gasteiger partial charge in [-0.05, 0) is 43.3 Å². The van der Waals surface area contributed by atoms with Gasteiger partial charge in [-0.25, -0.2) is 0 Å². The highest BCUT2D eigenvalue weighted by Gasteiger charge is 2.09. The van der Waals surface area contributed by atoms with Gasteiger partial charge in [0.15, 0.2) is 5.78 Å². The van der Waals surface area contributed by atoms with Crippen LogP contribution in [0.1, 0.15) is 21.7 Å². The number of rotatable bonds is 5. The van der Waals surface area contributed by atoms with Gasteiger partial charge < -0.3 is 4.74 Å². The lowest BCUT2D eigenvalue weighted by Gasteiger charge is -2.07. The van der Waals surface area contributed by atoms with Crippen molar-refractivity contribution in [1.82, 2.24) is 9.97 Å². The van der Waals surface area contributed by atoms with Gasteiger partial charge in [-0.15, -0.1) is 0 Å². The summed E-state index contributed by atoms with van der Waals surface area (Å²) in [6.07, 6.45) is 3.59. The van der Waals surface area contributed by atoms with Crippen molar-refractivity contribution in [3.63, 3.8) is 0 Å². The van der Waals surface area contributed by atoms with E-state index in [9.17, 15) is 4.79 Å². The largest absolute Gasteiger partial charge is 0.456 e. The lowest BCUT2D eigenvalue weighted by molar-refractivity contribution is 0.0991. The number of carbonyl (C=O) groups is 1. The van der Waals surface area contributed by atoms with E-state index in [1.54, 1.807) is 30.6 Å². The third-order valence-corrected chi connectivity index (χ3v) is 3.31. The zero-order valence-electron chi connectivity index (χ0n) is 12.8. The molecule has 0 aliphatic rings. The van der Waals surface area contributed by atoms with Gasteiger partial charge in [0.25, 0.3) is 0 Å². The Bertz CT molecular complexity index is 816. The molecule has 0 N–H and O–H groups in total. The van der Waals surface area contributed by atoms with Crippen LogP contribution in [0, 0.1) is 6.92 Å². The average molecular weight is 304 g/mol. The third-order valence-electron chi connectivity index (χ3n) is 3.31. The zero-order valence-corrected chi connectivity index (χ0v) is 12.8. The van der Waals surface area contributed by atoms with E-state index in [1.807, 2.05) is 43.3 Å². The highest BCUT2D eigenvalue weighted by Crippen LogP contribution is 2.21. The molecule has 3 rings (SSSR count). The number of aromatic nitrogens is 2. The smallest absolute Gasteiger partial charge is 0.168 e. The van der Waals surface area contributed by atoms with Crippen LogP contribution in [0.3, 0.4) is 0 Å². The van der Waals surface area contributed by atoms with Crippen LogP contribution in [-0.4, -0.2) is 15.8 Å². The second kappa shape index (κ2) is 6.83. The lowest BCUT2D eigenvalue weighted by atomic mass is 10.1. The summed E-state index contributed by atoms with van der Waals surface area (Å²) < 4.78 is 5.71. The number of benzene rings is 1. The van der Waals surface area contributed by atoms with Crippen LogP contribution in [0.5, 0.6) is 11.5 Å². The number of nitrogens with zero attached hydrogens (tertiary/aromatic N) is 2. The standard InChI is InChI=1S/C19H16N2O2/c1-14-5-2-7-16(21-14)12-19(22)15-6-3-8-17(11-15)23-18-9-4-10-20-13-18/h2-11,13H,12H2,1H3. The number of carbonyl (C=O) groups excluding carboxylic acids is 1. The van der Waals surface area contributed by atoms with Gasteiger partial charge in [0.05, 0.1) is 12.6 Å². The summed E-state index contributed by atoms with van der Waals surface area (Å²) in [5, 5.41) is 0. The van der Waals surface area contributed by atoms with Gasteiger partial charge in [0.2, 0.25) is 0 Å². The van der Waals surface area contributed by atoms with E-state index in [4.69, 9.17) is 4.74 Å². The molecule has 23 heavy (non-hydrogen) atoms. The Morgan fingerprint density at radius 1 is 1.04 bits per heavy atom. The Morgan fingerprint density at radius 3 is 2.65 bits per heavy atom. The molecule has 3 aromatic rings. The van der Waals surface area contributed by atoms with Crippen LogP contribution in [-0.2, 0) is 6.42 Å². The fourth-order valence-corrected chi connectivity index (χ4v) is 2.24. The van der Waals surface area contributed by atoms with Crippen molar-refractivity contribution in [3.8, 4) is 11.5 Å². The number of Topliss-reactive ketones (excluding diaryl/α,β-unsaturated/α-hetero) is 1. The van der Waals surface area contributed by atoms with Crippen molar-refractivity contribution in [2.24, 2.45) is 0 Å². The second-order valence-corrected chi connectivity index (χ2v) is 5.19. The first-order valence-electron chi connectivity index (χ1n) is 7.34. The molecule has 0 saturated heterocycles. The van der Waals surface area contributed by atoms with Crippen LogP contribution in [0.25, 0.3) is 0 Å². The van der Waals surface area contributed by atoms with Crippen molar-refractivity contribution in [1.29, 1.82) is 0 Å². The molecule has 0 aliphatic carbocycles. The molecule has 0 aliphatic heterocycles. The maximum atomic E-state index is 12.4. The minimum absolute atomic E-state index is 0.0136. The molecule has 0 radical (unpaired) electrons. The summed E-state index contributed by atoms with van der Waals surface area (Å²) in [6, 6.07) is 16.5. The minimum Gasteiger partial charge on any atom is -0.456 e. The molecule has 2 aromatic heterocycles. The maximum absolute atomic E-state index is 12.4. The van der Waals surface area contributed by atoms with Crippen molar-refractivity contribution in [2.75, 3.05) is 0 Å². The summed E-state index contributed by atoms with van der Waals surface area (Å²) in [6.45, 7) is 1.91. The number of ketones is 1. The zero-order chi connectivity index (χ0) is 16.1. The predicted octanol–water partition coefficient (Wildman–Crippen LogP) is 4.00. The van der Waals surface area contributed by atoms with Gasteiger partial charge in [0, 0.05) is 23.1 Å². The molecule has 1 aromatic carbocycles. The van der Waals surface area contributed by atoms with Crippen LogP contribution in [0.2, 0.25) is 0 Å². The highest BCUT2D eigenvalue weighted by molar-refractivity contribution is 5.97. The Morgan fingerprint density at radius 2 is 1.87 bits per heavy atom. The lowest BCUT2D eigenvalue weighted by Crippen LogP contribution is -2.05. The van der Waals surface area contributed by atoms with E-state index in [-0.39, 0.29) is 12.2 Å². The minimum atomic E-state index is 0.0136. The molecular weight excluding hydrogens is 288 g/mol. The molecule has 114 valence electrons. The second-order valence-electron chi connectivity index (χ2n) is 5.19.